The Bertz CT molecular complexity index is 702. The lowest BCUT2D eigenvalue weighted by Gasteiger charge is -2.29. The number of benzene rings is 1. The van der Waals surface area contributed by atoms with Crippen LogP contribution >= 0.6 is 51.5 Å². The molecule has 0 radical (unpaired) electrons. The molecule has 2 fully saturated rings. The van der Waals surface area contributed by atoms with E-state index < -0.39 is 0 Å². The van der Waals surface area contributed by atoms with Crippen molar-refractivity contribution in [1.29, 1.82) is 0 Å². The summed E-state index contributed by atoms with van der Waals surface area (Å²) >= 11 is 16.0. The number of nitrogens with zero attached hydrogens (tertiary/aromatic N) is 1. The standard InChI is InChI=1S/C16H15BrClNO2S2/c17-12-8-10(18)6-9(14(12)20)7-13-15(21)19(16(22)23-13)11-4-2-1-3-5-11/h6-8,11,20H,1-5H2/b13-7-. The zero-order valence-corrected chi connectivity index (χ0v) is 16.2. The zero-order valence-electron chi connectivity index (χ0n) is 12.2. The van der Waals surface area contributed by atoms with Crippen LogP contribution in [0, 0.1) is 0 Å². The van der Waals surface area contributed by atoms with Crippen molar-refractivity contribution in [2.24, 2.45) is 0 Å². The summed E-state index contributed by atoms with van der Waals surface area (Å²) in [6.45, 7) is 0. The van der Waals surface area contributed by atoms with Crippen molar-refractivity contribution in [2.45, 2.75) is 38.1 Å². The van der Waals surface area contributed by atoms with Gasteiger partial charge in [0.1, 0.15) is 10.1 Å². The first kappa shape index (κ1) is 17.3. The van der Waals surface area contributed by atoms with Gasteiger partial charge in [0, 0.05) is 16.6 Å². The number of rotatable bonds is 2. The van der Waals surface area contributed by atoms with E-state index >= 15 is 0 Å². The molecule has 2 aliphatic rings. The average molecular weight is 433 g/mol. The number of carbonyl (C=O) groups excluding carboxylic acids is 1. The molecule has 0 spiro atoms. The second-order valence-corrected chi connectivity index (χ2v) is 8.64. The van der Waals surface area contributed by atoms with Gasteiger partial charge in [0.25, 0.3) is 5.91 Å². The Kier molecular flexibility index (Phi) is 5.35. The minimum absolute atomic E-state index is 0.0670. The van der Waals surface area contributed by atoms with Crippen LogP contribution in [0.4, 0.5) is 0 Å². The summed E-state index contributed by atoms with van der Waals surface area (Å²) in [5, 5.41) is 10.6. The maximum Gasteiger partial charge on any atom is 0.266 e. The van der Waals surface area contributed by atoms with Crippen molar-refractivity contribution < 1.29 is 9.90 Å². The zero-order chi connectivity index (χ0) is 16.6. The van der Waals surface area contributed by atoms with E-state index in [9.17, 15) is 9.90 Å². The lowest BCUT2D eigenvalue weighted by Crippen LogP contribution is -2.39. The topological polar surface area (TPSA) is 40.5 Å². The molecule has 1 aliphatic heterocycles. The average Bonchev–Trinajstić information content (AvgIpc) is 2.79. The van der Waals surface area contributed by atoms with Gasteiger partial charge in [-0.25, -0.2) is 0 Å². The van der Waals surface area contributed by atoms with Crippen LogP contribution in [-0.2, 0) is 4.79 Å². The summed E-state index contributed by atoms with van der Waals surface area (Å²) in [4.78, 5) is 15.0. The van der Waals surface area contributed by atoms with Crippen LogP contribution in [0.25, 0.3) is 6.08 Å². The van der Waals surface area contributed by atoms with Gasteiger partial charge in [0.05, 0.1) is 9.38 Å². The number of halogens is 2. The first-order valence-electron chi connectivity index (χ1n) is 7.42. The van der Waals surface area contributed by atoms with Crippen LogP contribution in [0.5, 0.6) is 5.75 Å². The second-order valence-electron chi connectivity index (χ2n) is 5.67. The fourth-order valence-corrected chi connectivity index (χ4v) is 5.20. The highest BCUT2D eigenvalue weighted by molar-refractivity contribution is 9.10. The van der Waals surface area contributed by atoms with Crippen LogP contribution in [0.2, 0.25) is 5.02 Å². The van der Waals surface area contributed by atoms with Gasteiger partial charge in [-0.05, 0) is 47.0 Å². The van der Waals surface area contributed by atoms with E-state index in [0.717, 1.165) is 25.7 Å². The number of thiocarbonyl (C=S) groups is 1. The summed E-state index contributed by atoms with van der Waals surface area (Å²) < 4.78 is 1.10. The van der Waals surface area contributed by atoms with E-state index in [1.165, 1.54) is 18.2 Å². The molecule has 3 nitrogen and oxygen atoms in total. The summed E-state index contributed by atoms with van der Waals surface area (Å²) in [5.74, 6) is -0.000247. The molecule has 1 heterocycles. The van der Waals surface area contributed by atoms with Crippen LogP contribution in [-0.4, -0.2) is 26.3 Å². The van der Waals surface area contributed by atoms with Crippen molar-refractivity contribution in [3.05, 3.63) is 32.1 Å². The van der Waals surface area contributed by atoms with E-state index in [1.807, 2.05) is 0 Å². The number of amides is 1. The molecule has 1 aliphatic carbocycles. The SMILES string of the molecule is O=C1/C(=C/c2cc(Cl)cc(Br)c2O)SC(=S)N1C1CCCCC1. The third kappa shape index (κ3) is 3.60. The van der Waals surface area contributed by atoms with Gasteiger partial charge in [0.15, 0.2) is 0 Å². The Morgan fingerprint density at radius 3 is 2.74 bits per heavy atom. The maximum atomic E-state index is 12.7. The molecule has 122 valence electrons. The van der Waals surface area contributed by atoms with E-state index in [0.29, 0.717) is 24.3 Å². The Balaban J connectivity index is 1.90. The van der Waals surface area contributed by atoms with Gasteiger partial charge in [0.2, 0.25) is 0 Å². The molecule has 0 atom stereocenters. The first-order valence-corrected chi connectivity index (χ1v) is 9.82. The molecule has 7 heteroatoms. The molecular weight excluding hydrogens is 418 g/mol. The molecule has 23 heavy (non-hydrogen) atoms. The lowest BCUT2D eigenvalue weighted by atomic mass is 9.94. The molecule has 0 aromatic heterocycles. The summed E-state index contributed by atoms with van der Waals surface area (Å²) in [7, 11) is 0. The van der Waals surface area contributed by atoms with Crippen LogP contribution in [0.15, 0.2) is 21.5 Å². The normalized spacial score (nSPS) is 21.5. The molecule has 1 aromatic rings. The molecule has 0 bridgehead atoms. The number of carbonyl (C=O) groups is 1. The molecule has 1 aromatic carbocycles. The Morgan fingerprint density at radius 2 is 2.04 bits per heavy atom. The highest BCUT2D eigenvalue weighted by Crippen LogP contribution is 2.39. The number of hydrogen-bond acceptors (Lipinski definition) is 4. The minimum Gasteiger partial charge on any atom is -0.506 e. The van der Waals surface area contributed by atoms with E-state index in [2.05, 4.69) is 15.9 Å². The molecule has 1 amide bonds. The van der Waals surface area contributed by atoms with Gasteiger partial charge >= 0.3 is 0 Å². The van der Waals surface area contributed by atoms with Crippen molar-refractivity contribution >= 4 is 67.8 Å². The van der Waals surface area contributed by atoms with Crippen molar-refractivity contribution in [3.63, 3.8) is 0 Å². The maximum absolute atomic E-state index is 12.7. The Labute approximate surface area is 158 Å². The third-order valence-corrected chi connectivity index (χ3v) is 6.26. The summed E-state index contributed by atoms with van der Waals surface area (Å²) in [5.41, 5.74) is 0.508. The highest BCUT2D eigenvalue weighted by atomic mass is 79.9. The van der Waals surface area contributed by atoms with Crippen LogP contribution < -0.4 is 0 Å². The van der Waals surface area contributed by atoms with E-state index in [4.69, 9.17) is 23.8 Å². The largest absolute Gasteiger partial charge is 0.506 e. The summed E-state index contributed by atoms with van der Waals surface area (Å²) in [6.07, 6.45) is 7.19. The van der Waals surface area contributed by atoms with Crippen molar-refractivity contribution in [2.75, 3.05) is 0 Å². The first-order chi connectivity index (χ1) is 11.0. The van der Waals surface area contributed by atoms with E-state index in [-0.39, 0.29) is 17.7 Å². The second kappa shape index (κ2) is 7.13. The van der Waals surface area contributed by atoms with Gasteiger partial charge < -0.3 is 5.11 Å². The Morgan fingerprint density at radius 1 is 1.35 bits per heavy atom. The van der Waals surface area contributed by atoms with Crippen molar-refractivity contribution in [3.8, 4) is 5.75 Å². The molecule has 1 saturated carbocycles. The monoisotopic (exact) mass is 431 g/mol. The number of thioether (sulfide) groups is 1. The number of phenolic OH excluding ortho intramolecular Hbond substituents is 1. The molecule has 0 unspecified atom stereocenters. The van der Waals surface area contributed by atoms with Crippen molar-refractivity contribution in [1.82, 2.24) is 4.90 Å². The van der Waals surface area contributed by atoms with Gasteiger partial charge in [-0.15, -0.1) is 0 Å². The molecule has 1 saturated heterocycles. The van der Waals surface area contributed by atoms with E-state index in [1.54, 1.807) is 23.1 Å². The lowest BCUT2D eigenvalue weighted by molar-refractivity contribution is -0.124. The molecule has 3 rings (SSSR count). The number of hydrogen-bond donors (Lipinski definition) is 1. The smallest absolute Gasteiger partial charge is 0.266 e. The Hall–Kier alpha value is -0.560. The fraction of sp³-hybridized carbons (Fsp3) is 0.375. The number of aromatic hydroxyl groups is 1. The fourth-order valence-electron chi connectivity index (χ4n) is 2.97. The minimum atomic E-state index is -0.0672. The summed E-state index contributed by atoms with van der Waals surface area (Å²) in [6, 6.07) is 3.46. The van der Waals surface area contributed by atoms with Crippen LogP contribution in [0.3, 0.4) is 0 Å². The number of phenols is 1. The molecule has 1 N–H and O–H groups in total. The van der Waals surface area contributed by atoms with Gasteiger partial charge in [-0.1, -0.05) is 54.8 Å². The van der Waals surface area contributed by atoms with Crippen LogP contribution in [0.1, 0.15) is 37.7 Å². The predicted octanol–water partition coefficient (Wildman–Crippen LogP) is 5.34. The predicted molar refractivity (Wildman–Crippen MR) is 103 cm³/mol. The quantitative estimate of drug-likeness (QED) is 0.506. The van der Waals surface area contributed by atoms with Gasteiger partial charge in [-0.3, -0.25) is 9.69 Å². The highest BCUT2D eigenvalue weighted by Gasteiger charge is 2.37. The third-order valence-electron chi connectivity index (χ3n) is 4.11. The van der Waals surface area contributed by atoms with Gasteiger partial charge in [-0.2, -0.15) is 0 Å². The molecular formula is C16H15BrClNO2S2.